The predicted molar refractivity (Wildman–Crippen MR) is 137 cm³/mol. The van der Waals surface area contributed by atoms with E-state index in [1.54, 1.807) is 13.8 Å². The van der Waals surface area contributed by atoms with Gasteiger partial charge >= 0.3 is 5.97 Å². The lowest BCUT2D eigenvalue weighted by atomic mass is 9.86. The van der Waals surface area contributed by atoms with Crippen LogP contribution in [0.25, 0.3) is 22.8 Å². The Labute approximate surface area is 211 Å². The van der Waals surface area contributed by atoms with Crippen LogP contribution in [-0.2, 0) is 20.9 Å². The first-order valence-electron chi connectivity index (χ1n) is 12.6. The largest absolute Gasteiger partial charge is 0.480 e. The standard InChI is InChI=1S/C29H34N2O5/c1-18(2)25(29(33)34)31-27(32)22-10-7-11-23(16-22)35-17-24-26(20-8-5-4-6-9-20)36-28(30-24)21-14-12-19(3)13-15-21/h4-6,8-9,12-15,18,22-23,25H,7,10-11,16-17H2,1-3H3,(H,31,32)(H,33,34)/t22-,23+,25+/m1/s1. The Balaban J connectivity index is 1.46. The number of aryl methyl sites for hydroxylation is 1. The predicted octanol–water partition coefficient (Wildman–Crippen LogP) is 5.62. The van der Waals surface area contributed by atoms with E-state index in [0.717, 1.165) is 36.0 Å². The van der Waals surface area contributed by atoms with Gasteiger partial charge in [-0.05, 0) is 44.2 Å². The number of carbonyl (C=O) groups is 2. The van der Waals surface area contributed by atoms with Gasteiger partial charge in [0.15, 0.2) is 5.76 Å². The number of carbonyl (C=O) groups excluding carboxylic acids is 1. The second kappa shape index (κ2) is 11.5. The van der Waals surface area contributed by atoms with Crippen molar-refractivity contribution >= 4 is 11.9 Å². The van der Waals surface area contributed by atoms with Gasteiger partial charge in [0.25, 0.3) is 0 Å². The summed E-state index contributed by atoms with van der Waals surface area (Å²) in [6.45, 7) is 5.89. The molecule has 1 aliphatic rings. The summed E-state index contributed by atoms with van der Waals surface area (Å²) in [6, 6.07) is 17.0. The maximum atomic E-state index is 12.8. The van der Waals surface area contributed by atoms with E-state index >= 15 is 0 Å². The molecule has 0 saturated heterocycles. The summed E-state index contributed by atoms with van der Waals surface area (Å²) in [5.41, 5.74) is 3.71. The minimum Gasteiger partial charge on any atom is -0.480 e. The molecule has 3 aromatic rings. The number of nitrogens with zero attached hydrogens (tertiary/aromatic N) is 1. The molecule has 2 aromatic carbocycles. The maximum Gasteiger partial charge on any atom is 0.326 e. The summed E-state index contributed by atoms with van der Waals surface area (Å²) in [5.74, 6) is -0.450. The van der Waals surface area contributed by atoms with Crippen molar-refractivity contribution in [1.82, 2.24) is 10.3 Å². The van der Waals surface area contributed by atoms with Crippen LogP contribution >= 0.6 is 0 Å². The van der Waals surface area contributed by atoms with Crippen LogP contribution in [0.1, 0.15) is 50.8 Å². The van der Waals surface area contributed by atoms with Crippen molar-refractivity contribution in [3.8, 4) is 22.8 Å². The van der Waals surface area contributed by atoms with Crippen LogP contribution in [0.3, 0.4) is 0 Å². The highest BCUT2D eigenvalue weighted by molar-refractivity contribution is 5.85. The highest BCUT2D eigenvalue weighted by Crippen LogP contribution is 2.32. The van der Waals surface area contributed by atoms with Crippen LogP contribution in [0.2, 0.25) is 0 Å². The van der Waals surface area contributed by atoms with E-state index in [1.807, 2.05) is 61.5 Å². The molecule has 36 heavy (non-hydrogen) atoms. The third-order valence-electron chi connectivity index (χ3n) is 6.71. The first-order valence-corrected chi connectivity index (χ1v) is 12.6. The Morgan fingerprint density at radius 1 is 1.08 bits per heavy atom. The normalized spacial score (nSPS) is 18.7. The number of carboxylic acid groups (broad SMARTS) is 1. The van der Waals surface area contributed by atoms with Crippen molar-refractivity contribution in [1.29, 1.82) is 0 Å². The zero-order chi connectivity index (χ0) is 25.7. The van der Waals surface area contributed by atoms with Crippen LogP contribution in [-0.4, -0.2) is 34.1 Å². The van der Waals surface area contributed by atoms with Gasteiger partial charge < -0.3 is 19.6 Å². The van der Waals surface area contributed by atoms with Crippen LogP contribution in [0.5, 0.6) is 0 Å². The molecule has 1 aliphatic carbocycles. The van der Waals surface area contributed by atoms with Crippen LogP contribution in [0, 0.1) is 18.8 Å². The summed E-state index contributed by atoms with van der Waals surface area (Å²) < 4.78 is 12.5. The molecule has 7 nitrogen and oxygen atoms in total. The van der Waals surface area contributed by atoms with Gasteiger partial charge in [0, 0.05) is 17.0 Å². The Morgan fingerprint density at radius 2 is 1.81 bits per heavy atom. The topological polar surface area (TPSA) is 102 Å². The van der Waals surface area contributed by atoms with E-state index in [4.69, 9.17) is 14.1 Å². The second-order valence-corrected chi connectivity index (χ2v) is 9.89. The van der Waals surface area contributed by atoms with E-state index in [2.05, 4.69) is 5.32 Å². The Bertz CT molecular complexity index is 1170. The number of aromatic nitrogens is 1. The van der Waals surface area contributed by atoms with Crippen molar-refractivity contribution in [3.63, 3.8) is 0 Å². The average Bonchev–Trinajstić information content (AvgIpc) is 3.31. The second-order valence-electron chi connectivity index (χ2n) is 9.89. The Kier molecular flexibility index (Phi) is 8.21. The van der Waals surface area contributed by atoms with Gasteiger partial charge in [-0.3, -0.25) is 4.79 Å². The fourth-order valence-electron chi connectivity index (χ4n) is 4.60. The average molecular weight is 491 g/mol. The molecule has 1 amide bonds. The summed E-state index contributed by atoms with van der Waals surface area (Å²) in [4.78, 5) is 29.1. The minimum atomic E-state index is -1.01. The Morgan fingerprint density at radius 3 is 2.47 bits per heavy atom. The minimum absolute atomic E-state index is 0.111. The van der Waals surface area contributed by atoms with Crippen LogP contribution in [0.4, 0.5) is 0 Å². The molecule has 2 N–H and O–H groups in total. The number of amides is 1. The number of hydrogen-bond donors (Lipinski definition) is 2. The van der Waals surface area contributed by atoms with Gasteiger partial charge in [-0.15, -0.1) is 0 Å². The van der Waals surface area contributed by atoms with Crippen molar-refractivity contribution in [2.75, 3.05) is 0 Å². The SMILES string of the molecule is Cc1ccc(-c2nc(CO[C@H]3CCC[C@@H](C(=O)N[C@H](C(=O)O)C(C)C)C3)c(-c3ccccc3)o2)cc1. The third-order valence-corrected chi connectivity index (χ3v) is 6.71. The summed E-state index contributed by atoms with van der Waals surface area (Å²) in [5, 5.41) is 12.1. The molecule has 0 spiro atoms. The zero-order valence-electron chi connectivity index (χ0n) is 21.1. The van der Waals surface area contributed by atoms with E-state index in [0.29, 0.717) is 23.8 Å². The van der Waals surface area contributed by atoms with Gasteiger partial charge in [-0.2, -0.15) is 0 Å². The number of hydrogen-bond acceptors (Lipinski definition) is 5. The van der Waals surface area contributed by atoms with Crippen molar-refractivity contribution in [2.45, 2.75) is 65.2 Å². The molecule has 0 aliphatic heterocycles. The van der Waals surface area contributed by atoms with Crippen molar-refractivity contribution in [3.05, 3.63) is 65.9 Å². The van der Waals surface area contributed by atoms with E-state index in [-0.39, 0.29) is 30.5 Å². The van der Waals surface area contributed by atoms with Gasteiger partial charge in [-0.1, -0.05) is 68.3 Å². The first-order chi connectivity index (χ1) is 17.3. The number of aliphatic carboxylic acids is 1. The quantitative estimate of drug-likeness (QED) is 0.404. The van der Waals surface area contributed by atoms with Crippen LogP contribution < -0.4 is 5.32 Å². The third kappa shape index (κ3) is 6.21. The molecule has 1 fully saturated rings. The lowest BCUT2D eigenvalue weighted by molar-refractivity contribution is -0.144. The molecule has 0 unspecified atom stereocenters. The molecule has 1 saturated carbocycles. The summed E-state index contributed by atoms with van der Waals surface area (Å²) in [6.07, 6.45) is 2.87. The number of rotatable bonds is 9. The van der Waals surface area contributed by atoms with E-state index < -0.39 is 12.0 Å². The lowest BCUT2D eigenvalue weighted by Crippen LogP contribution is -2.47. The molecule has 0 bridgehead atoms. The first kappa shape index (κ1) is 25.6. The number of benzene rings is 2. The zero-order valence-corrected chi connectivity index (χ0v) is 21.1. The van der Waals surface area contributed by atoms with E-state index in [9.17, 15) is 14.7 Å². The number of nitrogens with one attached hydrogen (secondary N) is 1. The van der Waals surface area contributed by atoms with Crippen LogP contribution in [0.15, 0.2) is 59.0 Å². The maximum absolute atomic E-state index is 12.8. The van der Waals surface area contributed by atoms with Gasteiger partial charge in [-0.25, -0.2) is 9.78 Å². The lowest BCUT2D eigenvalue weighted by Gasteiger charge is -2.29. The van der Waals surface area contributed by atoms with Gasteiger partial charge in [0.1, 0.15) is 11.7 Å². The molecule has 3 atom stereocenters. The molecular weight excluding hydrogens is 456 g/mol. The number of ether oxygens (including phenoxy) is 1. The molecule has 7 heteroatoms. The fourth-order valence-corrected chi connectivity index (χ4v) is 4.60. The van der Waals surface area contributed by atoms with E-state index in [1.165, 1.54) is 0 Å². The summed E-state index contributed by atoms with van der Waals surface area (Å²) in [7, 11) is 0. The smallest absolute Gasteiger partial charge is 0.326 e. The molecule has 1 heterocycles. The molecular formula is C29H34N2O5. The van der Waals surface area contributed by atoms with Crippen molar-refractivity contribution in [2.24, 2.45) is 11.8 Å². The molecule has 0 radical (unpaired) electrons. The van der Waals surface area contributed by atoms with Gasteiger partial charge in [0.05, 0.1) is 12.7 Å². The monoisotopic (exact) mass is 490 g/mol. The molecule has 4 rings (SSSR count). The number of carboxylic acids is 1. The number of oxazole rings is 1. The van der Waals surface area contributed by atoms with Crippen molar-refractivity contribution < 1.29 is 23.8 Å². The highest BCUT2D eigenvalue weighted by atomic mass is 16.5. The fraction of sp³-hybridized carbons (Fsp3) is 0.414. The molecule has 190 valence electrons. The van der Waals surface area contributed by atoms with Gasteiger partial charge in [0.2, 0.25) is 11.8 Å². The molecule has 1 aromatic heterocycles. The summed E-state index contributed by atoms with van der Waals surface area (Å²) >= 11 is 0. The Hall–Kier alpha value is -3.45. The highest BCUT2D eigenvalue weighted by Gasteiger charge is 2.32.